The lowest BCUT2D eigenvalue weighted by Crippen LogP contribution is -3.20. The van der Waals surface area contributed by atoms with Crippen molar-refractivity contribution in [3.63, 3.8) is 0 Å². The van der Waals surface area contributed by atoms with E-state index in [-0.39, 0.29) is 0 Å². The van der Waals surface area contributed by atoms with E-state index in [0.29, 0.717) is 6.61 Å². The number of methoxy groups -OCH3 is 1. The topological polar surface area (TPSA) is 27.3 Å². The van der Waals surface area contributed by atoms with Crippen LogP contribution in [0.1, 0.15) is 43.2 Å². The molecule has 0 radical (unpaired) electrons. The van der Waals surface area contributed by atoms with Crippen molar-refractivity contribution < 1.29 is 19.3 Å². The van der Waals surface area contributed by atoms with Gasteiger partial charge in [0.15, 0.2) is 11.5 Å². The van der Waals surface area contributed by atoms with Crippen LogP contribution in [0.25, 0.3) is 0 Å². The fourth-order valence-corrected chi connectivity index (χ4v) is 4.99. The zero-order valence-corrected chi connectivity index (χ0v) is 17.8. The average Bonchev–Trinajstić information content (AvgIpc) is 2.80. The smallest absolute Gasteiger partial charge is 0.162 e. The molecule has 2 aromatic rings. The summed E-state index contributed by atoms with van der Waals surface area (Å²) in [6, 6.07) is 17.6. The highest BCUT2D eigenvalue weighted by molar-refractivity contribution is 5.43. The number of ether oxygens (including phenoxy) is 2. The van der Waals surface area contributed by atoms with Gasteiger partial charge in [0.05, 0.1) is 39.3 Å². The fraction of sp³-hybridized carbons (Fsp3) is 0.520. The molecule has 0 spiro atoms. The Morgan fingerprint density at radius 3 is 2.31 bits per heavy atom. The number of quaternary nitrogens is 2. The Bertz CT molecular complexity index is 751. The summed E-state index contributed by atoms with van der Waals surface area (Å²) in [6.07, 6.45) is 7.05. The first kappa shape index (κ1) is 20.2. The van der Waals surface area contributed by atoms with E-state index in [9.17, 15) is 0 Å². The molecule has 2 aliphatic rings. The van der Waals surface area contributed by atoms with Gasteiger partial charge in [0.25, 0.3) is 0 Å². The first-order valence-electron chi connectivity index (χ1n) is 11.3. The summed E-state index contributed by atoms with van der Waals surface area (Å²) >= 11 is 0. The van der Waals surface area contributed by atoms with E-state index in [2.05, 4.69) is 30.3 Å². The summed E-state index contributed by atoms with van der Waals surface area (Å²) in [4.78, 5) is 3.59. The molecule has 2 aromatic carbocycles. The lowest BCUT2D eigenvalue weighted by Gasteiger charge is -2.36. The summed E-state index contributed by atoms with van der Waals surface area (Å²) in [7, 11) is 1.71. The summed E-state index contributed by atoms with van der Waals surface area (Å²) in [6.45, 7) is 7.03. The monoisotopic (exact) mass is 396 g/mol. The Balaban J connectivity index is 1.33. The maximum absolute atomic E-state index is 6.10. The molecule has 4 rings (SSSR count). The van der Waals surface area contributed by atoms with E-state index in [1.54, 1.807) is 12.0 Å². The van der Waals surface area contributed by atoms with Gasteiger partial charge in [0.2, 0.25) is 0 Å². The van der Waals surface area contributed by atoms with Gasteiger partial charge in [-0.1, -0.05) is 30.3 Å². The number of rotatable bonds is 7. The molecule has 156 valence electrons. The van der Waals surface area contributed by atoms with Crippen LogP contribution in [-0.4, -0.2) is 39.3 Å². The van der Waals surface area contributed by atoms with E-state index >= 15 is 0 Å². The minimum absolute atomic E-state index is 0.567. The van der Waals surface area contributed by atoms with E-state index in [1.807, 2.05) is 23.1 Å². The van der Waals surface area contributed by atoms with Gasteiger partial charge < -0.3 is 19.3 Å². The van der Waals surface area contributed by atoms with Crippen molar-refractivity contribution >= 4 is 0 Å². The summed E-state index contributed by atoms with van der Waals surface area (Å²) in [5.41, 5.74) is 2.51. The second-order valence-corrected chi connectivity index (χ2v) is 8.68. The third-order valence-electron chi connectivity index (χ3n) is 6.69. The molecule has 29 heavy (non-hydrogen) atoms. The van der Waals surface area contributed by atoms with E-state index in [4.69, 9.17) is 9.47 Å². The van der Waals surface area contributed by atoms with Gasteiger partial charge in [-0.15, -0.1) is 0 Å². The van der Waals surface area contributed by atoms with Gasteiger partial charge in [-0.05, 0) is 43.0 Å². The lowest BCUT2D eigenvalue weighted by molar-refractivity contribution is -0.965. The van der Waals surface area contributed by atoms with E-state index in [0.717, 1.165) is 24.1 Å². The average molecular weight is 397 g/mol. The zero-order chi connectivity index (χ0) is 19.9. The molecule has 4 heteroatoms. The van der Waals surface area contributed by atoms with Gasteiger partial charge in [-0.2, -0.15) is 0 Å². The summed E-state index contributed by atoms with van der Waals surface area (Å²) < 4.78 is 11.6. The van der Waals surface area contributed by atoms with Crippen molar-refractivity contribution in [2.75, 3.05) is 33.3 Å². The van der Waals surface area contributed by atoms with Crippen LogP contribution in [0.2, 0.25) is 0 Å². The Labute approximate surface area is 175 Å². The molecule has 2 N–H and O–H groups in total. The Kier molecular flexibility index (Phi) is 7.07. The number of nitrogens with one attached hydrogen (secondary N) is 2. The molecule has 0 aliphatic carbocycles. The molecule has 2 fully saturated rings. The second-order valence-electron chi connectivity index (χ2n) is 8.68. The van der Waals surface area contributed by atoms with Gasteiger partial charge in [0, 0.05) is 18.4 Å². The molecular weight excluding hydrogens is 360 g/mol. The highest BCUT2D eigenvalue weighted by Crippen LogP contribution is 2.28. The van der Waals surface area contributed by atoms with Gasteiger partial charge in [-0.25, -0.2) is 0 Å². The van der Waals surface area contributed by atoms with Gasteiger partial charge >= 0.3 is 0 Å². The Morgan fingerprint density at radius 1 is 0.828 bits per heavy atom. The first-order valence-corrected chi connectivity index (χ1v) is 11.3. The molecule has 0 bridgehead atoms. The molecule has 2 aliphatic heterocycles. The van der Waals surface area contributed by atoms with Crippen LogP contribution < -0.4 is 19.3 Å². The minimum atomic E-state index is 0.567. The molecule has 2 heterocycles. The standard InChI is InChI=1S/C25H34N2O2/c1-28-24-11-10-22(18-25(24)29-20-21-8-4-2-5-9-21)19-26-16-12-23(13-17-26)27-14-6-3-7-15-27/h2,4-5,8-11,18,23H,3,6-7,12-17,19-20H2,1H3/p+2. The van der Waals surface area contributed by atoms with Crippen LogP contribution in [0, 0.1) is 0 Å². The van der Waals surface area contributed by atoms with Crippen molar-refractivity contribution in [2.24, 2.45) is 0 Å². The van der Waals surface area contributed by atoms with Crippen molar-refractivity contribution in [3.05, 3.63) is 59.7 Å². The number of likely N-dealkylation sites (tertiary alicyclic amines) is 2. The highest BCUT2D eigenvalue weighted by Gasteiger charge is 2.30. The number of piperidine rings is 2. The maximum Gasteiger partial charge on any atom is 0.162 e. The summed E-state index contributed by atoms with van der Waals surface area (Å²) in [5, 5.41) is 0. The van der Waals surface area contributed by atoms with Crippen molar-refractivity contribution in [2.45, 2.75) is 51.3 Å². The zero-order valence-electron chi connectivity index (χ0n) is 17.8. The highest BCUT2D eigenvalue weighted by atomic mass is 16.5. The molecule has 0 atom stereocenters. The van der Waals surface area contributed by atoms with Crippen molar-refractivity contribution in [1.29, 1.82) is 0 Å². The SMILES string of the molecule is COc1ccc(C[NH+]2CCC([NH+]3CCCCC3)CC2)cc1OCc1ccccc1. The van der Waals surface area contributed by atoms with Crippen LogP contribution in [0.4, 0.5) is 0 Å². The molecule has 2 saturated heterocycles. The molecular formula is C25H36N2O2+2. The van der Waals surface area contributed by atoms with Crippen LogP contribution >= 0.6 is 0 Å². The van der Waals surface area contributed by atoms with E-state index < -0.39 is 0 Å². The summed E-state index contributed by atoms with van der Waals surface area (Å²) in [5.74, 6) is 1.66. The number of benzene rings is 2. The van der Waals surface area contributed by atoms with Gasteiger partial charge in [-0.3, -0.25) is 0 Å². The van der Waals surface area contributed by atoms with E-state index in [1.165, 1.54) is 69.4 Å². The molecule has 0 aromatic heterocycles. The van der Waals surface area contributed by atoms with Crippen LogP contribution in [0.3, 0.4) is 0 Å². The lowest BCUT2D eigenvalue weighted by atomic mass is 9.99. The third kappa shape index (κ3) is 5.52. The number of hydrogen-bond donors (Lipinski definition) is 2. The Hall–Kier alpha value is -2.04. The second kappa shape index (κ2) is 10.1. The van der Waals surface area contributed by atoms with Crippen LogP contribution in [0.15, 0.2) is 48.5 Å². The van der Waals surface area contributed by atoms with Crippen LogP contribution in [0.5, 0.6) is 11.5 Å². The Morgan fingerprint density at radius 2 is 1.59 bits per heavy atom. The van der Waals surface area contributed by atoms with Crippen molar-refractivity contribution in [3.8, 4) is 11.5 Å². The quantitative estimate of drug-likeness (QED) is 0.748. The molecule has 0 unspecified atom stereocenters. The maximum atomic E-state index is 6.10. The molecule has 0 saturated carbocycles. The third-order valence-corrected chi connectivity index (χ3v) is 6.69. The van der Waals surface area contributed by atoms with Crippen molar-refractivity contribution in [1.82, 2.24) is 0 Å². The predicted octanol–water partition coefficient (Wildman–Crippen LogP) is 1.89. The first-order chi connectivity index (χ1) is 14.3. The largest absolute Gasteiger partial charge is 0.493 e. The molecule has 0 amide bonds. The normalized spacial score (nSPS) is 22.9. The predicted molar refractivity (Wildman–Crippen MR) is 116 cm³/mol. The minimum Gasteiger partial charge on any atom is -0.493 e. The fourth-order valence-electron chi connectivity index (χ4n) is 4.99. The molecule has 4 nitrogen and oxygen atoms in total. The van der Waals surface area contributed by atoms with Crippen LogP contribution in [-0.2, 0) is 13.2 Å². The number of hydrogen-bond acceptors (Lipinski definition) is 2. The van der Waals surface area contributed by atoms with Gasteiger partial charge in [0.1, 0.15) is 13.2 Å².